The van der Waals surface area contributed by atoms with Crippen LogP contribution in [0.4, 0.5) is 23.7 Å². The van der Waals surface area contributed by atoms with Gasteiger partial charge in [-0.3, -0.25) is 0 Å². The molecule has 2 N–H and O–H groups in total. The van der Waals surface area contributed by atoms with Gasteiger partial charge in [0.1, 0.15) is 0 Å². The minimum absolute atomic E-state index is 0.277. The maximum Gasteiger partial charge on any atom is 0.416 e. The fourth-order valence-corrected chi connectivity index (χ4v) is 3.29. The van der Waals surface area contributed by atoms with Crippen LogP contribution in [0.15, 0.2) is 46.2 Å². The summed E-state index contributed by atoms with van der Waals surface area (Å²) in [4.78, 5) is 12.3. The lowest BCUT2D eigenvalue weighted by Crippen LogP contribution is -2.24. The number of rotatable bonds is 3. The fraction of sp³-hybridized carbons (Fsp3) is 0.133. The van der Waals surface area contributed by atoms with Gasteiger partial charge in [-0.05, 0) is 36.4 Å². The standard InChI is InChI=1S/C15H11Cl2F3N2OS/c1-21-14(23)22-9-6-11(16)13(12(17)7-9)24-10-4-2-8(3-5-10)15(18,19)20/h2-7H,1H3,(H2,21,22,23). The summed E-state index contributed by atoms with van der Waals surface area (Å²) in [6, 6.07) is 7.26. The number of hydrogen-bond acceptors (Lipinski definition) is 2. The second kappa shape index (κ2) is 7.55. The number of hydrogen-bond donors (Lipinski definition) is 2. The van der Waals surface area contributed by atoms with Gasteiger partial charge >= 0.3 is 12.2 Å². The number of carbonyl (C=O) groups is 1. The first-order valence-corrected chi connectivity index (χ1v) is 8.11. The third-order valence-corrected chi connectivity index (χ3v) is 4.86. The average molecular weight is 395 g/mol. The zero-order valence-electron chi connectivity index (χ0n) is 12.2. The van der Waals surface area contributed by atoms with Crippen LogP contribution in [0.3, 0.4) is 0 Å². The molecule has 24 heavy (non-hydrogen) atoms. The Kier molecular flexibility index (Phi) is 5.90. The van der Waals surface area contributed by atoms with Crippen LogP contribution in [-0.4, -0.2) is 13.1 Å². The van der Waals surface area contributed by atoms with Crippen LogP contribution in [0, 0.1) is 0 Å². The van der Waals surface area contributed by atoms with E-state index in [1.165, 1.54) is 31.3 Å². The Balaban J connectivity index is 2.22. The van der Waals surface area contributed by atoms with Crippen LogP contribution in [-0.2, 0) is 6.18 Å². The van der Waals surface area contributed by atoms with Gasteiger partial charge in [0.05, 0.1) is 15.6 Å². The highest BCUT2D eigenvalue weighted by Crippen LogP contribution is 2.41. The molecule has 0 aliphatic heterocycles. The molecule has 9 heteroatoms. The molecule has 2 aromatic rings. The van der Waals surface area contributed by atoms with Gasteiger partial charge in [0.25, 0.3) is 0 Å². The lowest BCUT2D eigenvalue weighted by Gasteiger charge is -2.11. The Bertz CT molecular complexity index is 728. The Labute approximate surface area is 150 Å². The second-order valence-electron chi connectivity index (χ2n) is 4.60. The van der Waals surface area contributed by atoms with E-state index in [2.05, 4.69) is 10.6 Å². The molecule has 3 nitrogen and oxygen atoms in total. The molecule has 0 radical (unpaired) electrons. The summed E-state index contributed by atoms with van der Waals surface area (Å²) in [6.07, 6.45) is -4.38. The van der Waals surface area contributed by atoms with Crippen molar-refractivity contribution in [1.29, 1.82) is 0 Å². The maximum atomic E-state index is 12.6. The van der Waals surface area contributed by atoms with Gasteiger partial charge < -0.3 is 10.6 Å². The van der Waals surface area contributed by atoms with Crippen molar-refractivity contribution in [2.75, 3.05) is 12.4 Å². The van der Waals surface area contributed by atoms with Crippen molar-refractivity contribution in [2.45, 2.75) is 16.0 Å². The van der Waals surface area contributed by atoms with E-state index in [1.807, 2.05) is 0 Å². The van der Waals surface area contributed by atoms with Crippen LogP contribution < -0.4 is 10.6 Å². The second-order valence-corrected chi connectivity index (χ2v) is 6.50. The highest BCUT2D eigenvalue weighted by Gasteiger charge is 2.30. The van der Waals surface area contributed by atoms with Gasteiger partial charge in [0.15, 0.2) is 0 Å². The van der Waals surface area contributed by atoms with E-state index in [0.717, 1.165) is 23.9 Å². The maximum absolute atomic E-state index is 12.6. The Morgan fingerprint density at radius 3 is 2.08 bits per heavy atom. The van der Waals surface area contributed by atoms with Gasteiger partial charge in [0.2, 0.25) is 0 Å². The Morgan fingerprint density at radius 2 is 1.62 bits per heavy atom. The minimum Gasteiger partial charge on any atom is -0.341 e. The van der Waals surface area contributed by atoms with Crippen molar-refractivity contribution < 1.29 is 18.0 Å². The predicted octanol–water partition coefficient (Wildman–Crippen LogP) is 5.91. The van der Waals surface area contributed by atoms with Crippen molar-refractivity contribution in [2.24, 2.45) is 0 Å². The fourth-order valence-electron chi connectivity index (χ4n) is 1.75. The topological polar surface area (TPSA) is 41.1 Å². The zero-order valence-corrected chi connectivity index (χ0v) is 14.5. The number of nitrogens with one attached hydrogen (secondary N) is 2. The van der Waals surface area contributed by atoms with E-state index in [4.69, 9.17) is 23.2 Å². The molecule has 0 atom stereocenters. The lowest BCUT2D eigenvalue weighted by molar-refractivity contribution is -0.137. The van der Waals surface area contributed by atoms with Gasteiger partial charge in [-0.2, -0.15) is 13.2 Å². The monoisotopic (exact) mass is 394 g/mol. The third-order valence-electron chi connectivity index (χ3n) is 2.88. The number of carbonyl (C=O) groups excluding carboxylic acids is 1. The van der Waals surface area contributed by atoms with Crippen molar-refractivity contribution in [1.82, 2.24) is 5.32 Å². The van der Waals surface area contributed by atoms with Crippen molar-refractivity contribution in [3.8, 4) is 0 Å². The molecule has 2 amide bonds. The molecule has 0 aliphatic carbocycles. The number of alkyl halides is 3. The number of benzene rings is 2. The van der Waals surface area contributed by atoms with Gasteiger partial charge in [-0.25, -0.2) is 4.79 Å². The third kappa shape index (κ3) is 4.72. The first kappa shape index (κ1) is 18.8. The van der Waals surface area contributed by atoms with Crippen LogP contribution in [0.2, 0.25) is 10.0 Å². The zero-order chi connectivity index (χ0) is 17.9. The Morgan fingerprint density at radius 1 is 1.08 bits per heavy atom. The summed E-state index contributed by atoms with van der Waals surface area (Å²) in [7, 11) is 1.47. The van der Waals surface area contributed by atoms with Crippen LogP contribution in [0.5, 0.6) is 0 Å². The molecule has 0 saturated carbocycles. The molecule has 2 aromatic carbocycles. The van der Waals surface area contributed by atoms with Gasteiger partial charge in [-0.1, -0.05) is 35.0 Å². The molecule has 0 aromatic heterocycles. The molecule has 0 aliphatic rings. The molecule has 128 valence electrons. The quantitative estimate of drug-likeness (QED) is 0.678. The van der Waals surface area contributed by atoms with Gasteiger partial charge in [-0.15, -0.1) is 0 Å². The summed E-state index contributed by atoms with van der Waals surface area (Å²) in [5.41, 5.74) is -0.324. The van der Waals surface area contributed by atoms with E-state index in [9.17, 15) is 18.0 Å². The molecule has 0 heterocycles. The van der Waals surface area contributed by atoms with E-state index in [-0.39, 0.29) is 10.0 Å². The number of urea groups is 1. The normalized spacial score (nSPS) is 11.2. The highest BCUT2D eigenvalue weighted by molar-refractivity contribution is 7.99. The molecular formula is C15H11Cl2F3N2OS. The summed E-state index contributed by atoms with van der Waals surface area (Å²) in [6.45, 7) is 0. The first-order chi connectivity index (χ1) is 11.2. The van der Waals surface area contributed by atoms with Crippen LogP contribution in [0.1, 0.15) is 5.56 Å². The first-order valence-electron chi connectivity index (χ1n) is 6.53. The van der Waals surface area contributed by atoms with Crippen molar-refractivity contribution in [3.05, 3.63) is 52.0 Å². The van der Waals surface area contributed by atoms with Gasteiger partial charge in [0, 0.05) is 22.5 Å². The highest BCUT2D eigenvalue weighted by atomic mass is 35.5. The van der Waals surface area contributed by atoms with E-state index in [0.29, 0.717) is 15.5 Å². The predicted molar refractivity (Wildman–Crippen MR) is 90.1 cm³/mol. The van der Waals surface area contributed by atoms with E-state index >= 15 is 0 Å². The number of anilines is 1. The molecule has 0 spiro atoms. The van der Waals surface area contributed by atoms with Crippen molar-refractivity contribution in [3.63, 3.8) is 0 Å². The van der Waals surface area contributed by atoms with E-state index < -0.39 is 17.8 Å². The Hall–Kier alpha value is -1.57. The van der Waals surface area contributed by atoms with Crippen LogP contribution in [0.25, 0.3) is 0 Å². The minimum atomic E-state index is -4.38. The molecule has 0 saturated heterocycles. The van der Waals surface area contributed by atoms with Crippen molar-refractivity contribution >= 4 is 46.7 Å². The molecule has 2 rings (SSSR count). The lowest BCUT2D eigenvalue weighted by atomic mass is 10.2. The molecule has 0 unspecified atom stereocenters. The molecular weight excluding hydrogens is 384 g/mol. The largest absolute Gasteiger partial charge is 0.416 e. The molecule has 0 bridgehead atoms. The average Bonchev–Trinajstić information content (AvgIpc) is 2.50. The molecule has 0 fully saturated rings. The van der Waals surface area contributed by atoms with E-state index in [1.54, 1.807) is 0 Å². The smallest absolute Gasteiger partial charge is 0.341 e. The summed E-state index contributed by atoms with van der Waals surface area (Å²) in [5.74, 6) is 0. The van der Waals surface area contributed by atoms with Crippen LogP contribution >= 0.6 is 35.0 Å². The summed E-state index contributed by atoms with van der Waals surface area (Å²) < 4.78 is 37.7. The SMILES string of the molecule is CNC(=O)Nc1cc(Cl)c(Sc2ccc(C(F)(F)F)cc2)c(Cl)c1. The number of halogens is 5. The number of amides is 2. The summed E-state index contributed by atoms with van der Waals surface area (Å²) in [5, 5.41) is 5.48. The summed E-state index contributed by atoms with van der Waals surface area (Å²) >= 11 is 13.5.